The Balaban J connectivity index is 2.81. The highest BCUT2D eigenvalue weighted by atomic mass is 16.2. The van der Waals surface area contributed by atoms with E-state index in [-0.39, 0.29) is 11.8 Å². The molecule has 1 aromatic rings. The minimum atomic E-state index is -0.0775. The van der Waals surface area contributed by atoms with Crippen LogP contribution < -0.4 is 10.6 Å². The van der Waals surface area contributed by atoms with Crippen LogP contribution in [0, 0.1) is 12.8 Å². The summed E-state index contributed by atoms with van der Waals surface area (Å²) in [5.41, 5.74) is 7.69. The third-order valence-corrected chi connectivity index (χ3v) is 2.88. The summed E-state index contributed by atoms with van der Waals surface area (Å²) < 4.78 is 0. The van der Waals surface area contributed by atoms with Crippen LogP contribution in [-0.4, -0.2) is 19.5 Å². The number of rotatable bonds is 4. The first-order valence-electron chi connectivity index (χ1n) is 5.64. The van der Waals surface area contributed by atoms with E-state index in [0.29, 0.717) is 6.54 Å². The van der Waals surface area contributed by atoms with E-state index in [1.807, 2.05) is 38.1 Å². The molecule has 1 atom stereocenters. The molecule has 0 aliphatic heterocycles. The van der Waals surface area contributed by atoms with Gasteiger partial charge in [0, 0.05) is 19.3 Å². The van der Waals surface area contributed by atoms with Gasteiger partial charge in [-0.15, -0.1) is 0 Å². The van der Waals surface area contributed by atoms with Gasteiger partial charge in [0.2, 0.25) is 5.91 Å². The zero-order valence-corrected chi connectivity index (χ0v) is 10.2. The number of nitrogens with zero attached hydrogens (tertiary/aromatic N) is 1. The van der Waals surface area contributed by atoms with Gasteiger partial charge in [-0.1, -0.05) is 24.6 Å². The molecule has 0 aromatic heterocycles. The molecule has 0 radical (unpaired) electrons. The van der Waals surface area contributed by atoms with Crippen molar-refractivity contribution in [3.05, 3.63) is 29.8 Å². The van der Waals surface area contributed by atoms with Crippen LogP contribution in [0.25, 0.3) is 0 Å². The van der Waals surface area contributed by atoms with Crippen molar-refractivity contribution < 1.29 is 4.79 Å². The lowest BCUT2D eigenvalue weighted by atomic mass is 10.1. The molecule has 88 valence electrons. The SMILES string of the molecule is CCC(CN)C(=O)N(C)c1ccc(C)cc1. The molecule has 3 nitrogen and oxygen atoms in total. The molecule has 1 rings (SSSR count). The lowest BCUT2D eigenvalue weighted by molar-refractivity contribution is -0.121. The molecule has 1 unspecified atom stereocenters. The monoisotopic (exact) mass is 220 g/mol. The maximum absolute atomic E-state index is 12.0. The number of anilines is 1. The van der Waals surface area contributed by atoms with E-state index < -0.39 is 0 Å². The van der Waals surface area contributed by atoms with Crippen LogP contribution in [0.5, 0.6) is 0 Å². The van der Waals surface area contributed by atoms with Crippen molar-refractivity contribution >= 4 is 11.6 Å². The Hall–Kier alpha value is -1.35. The number of carbonyl (C=O) groups is 1. The van der Waals surface area contributed by atoms with Crippen LogP contribution in [0.15, 0.2) is 24.3 Å². The van der Waals surface area contributed by atoms with Crippen LogP contribution in [0.4, 0.5) is 5.69 Å². The maximum Gasteiger partial charge on any atom is 0.231 e. The molecule has 1 aromatic carbocycles. The summed E-state index contributed by atoms with van der Waals surface area (Å²) in [4.78, 5) is 13.7. The number of amides is 1. The number of nitrogens with two attached hydrogens (primary N) is 1. The fourth-order valence-electron chi connectivity index (χ4n) is 1.61. The summed E-state index contributed by atoms with van der Waals surface area (Å²) in [6.45, 7) is 4.42. The summed E-state index contributed by atoms with van der Waals surface area (Å²) in [6, 6.07) is 7.91. The molecule has 0 spiro atoms. The first kappa shape index (κ1) is 12.7. The number of benzene rings is 1. The topological polar surface area (TPSA) is 46.3 Å². The molecule has 0 heterocycles. The predicted octanol–water partition coefficient (Wildman–Crippen LogP) is 1.94. The summed E-state index contributed by atoms with van der Waals surface area (Å²) in [7, 11) is 1.80. The van der Waals surface area contributed by atoms with Crippen molar-refractivity contribution in [3.63, 3.8) is 0 Å². The molecule has 1 amide bonds. The first-order valence-corrected chi connectivity index (χ1v) is 5.64. The molecule has 0 fully saturated rings. The van der Waals surface area contributed by atoms with Crippen LogP contribution in [-0.2, 0) is 4.79 Å². The van der Waals surface area contributed by atoms with Crippen LogP contribution in [0.2, 0.25) is 0 Å². The lowest BCUT2D eigenvalue weighted by Gasteiger charge is -2.22. The van der Waals surface area contributed by atoms with E-state index in [9.17, 15) is 4.79 Å². The van der Waals surface area contributed by atoms with E-state index in [2.05, 4.69) is 0 Å². The van der Waals surface area contributed by atoms with Gasteiger partial charge in [-0.2, -0.15) is 0 Å². The zero-order chi connectivity index (χ0) is 12.1. The largest absolute Gasteiger partial charge is 0.330 e. The van der Waals surface area contributed by atoms with E-state index in [0.717, 1.165) is 12.1 Å². The lowest BCUT2D eigenvalue weighted by Crippen LogP contribution is -2.36. The van der Waals surface area contributed by atoms with Gasteiger partial charge in [-0.3, -0.25) is 4.79 Å². The second-order valence-electron chi connectivity index (χ2n) is 4.07. The highest BCUT2D eigenvalue weighted by Crippen LogP contribution is 2.16. The Kier molecular flexibility index (Phi) is 4.50. The van der Waals surface area contributed by atoms with Crippen molar-refractivity contribution in [1.82, 2.24) is 0 Å². The van der Waals surface area contributed by atoms with E-state index in [1.165, 1.54) is 5.56 Å². The Labute approximate surface area is 97.2 Å². The molecule has 0 saturated heterocycles. The Bertz CT molecular complexity index is 341. The highest BCUT2D eigenvalue weighted by molar-refractivity contribution is 5.94. The van der Waals surface area contributed by atoms with Crippen LogP contribution in [0.1, 0.15) is 18.9 Å². The van der Waals surface area contributed by atoms with Crippen molar-refractivity contribution in [2.75, 3.05) is 18.5 Å². The van der Waals surface area contributed by atoms with E-state index in [4.69, 9.17) is 5.73 Å². The standard InChI is InChI=1S/C13H20N2O/c1-4-11(9-14)13(16)15(3)12-7-5-10(2)6-8-12/h5-8,11H,4,9,14H2,1-3H3. The number of hydrogen-bond acceptors (Lipinski definition) is 2. The van der Waals surface area contributed by atoms with Crippen molar-refractivity contribution in [1.29, 1.82) is 0 Å². The molecule has 2 N–H and O–H groups in total. The summed E-state index contributed by atoms with van der Waals surface area (Å²) in [5, 5.41) is 0. The number of aryl methyl sites for hydroxylation is 1. The Morgan fingerprint density at radius 2 is 1.94 bits per heavy atom. The predicted molar refractivity (Wildman–Crippen MR) is 67.4 cm³/mol. The molecule has 16 heavy (non-hydrogen) atoms. The maximum atomic E-state index is 12.0. The minimum Gasteiger partial charge on any atom is -0.330 e. The molecule has 0 bridgehead atoms. The van der Waals surface area contributed by atoms with E-state index in [1.54, 1.807) is 11.9 Å². The molecule has 0 aliphatic carbocycles. The third-order valence-electron chi connectivity index (χ3n) is 2.88. The van der Waals surface area contributed by atoms with Crippen molar-refractivity contribution in [2.45, 2.75) is 20.3 Å². The third kappa shape index (κ3) is 2.83. The second-order valence-corrected chi connectivity index (χ2v) is 4.07. The average molecular weight is 220 g/mol. The van der Waals surface area contributed by atoms with E-state index >= 15 is 0 Å². The van der Waals surface area contributed by atoms with Crippen LogP contribution >= 0.6 is 0 Å². The molecule has 0 saturated carbocycles. The second kappa shape index (κ2) is 5.66. The van der Waals surface area contributed by atoms with Gasteiger partial charge >= 0.3 is 0 Å². The summed E-state index contributed by atoms with van der Waals surface area (Å²) in [6.07, 6.45) is 0.783. The van der Waals surface area contributed by atoms with Gasteiger partial charge in [0.05, 0.1) is 5.92 Å². The van der Waals surface area contributed by atoms with Gasteiger partial charge in [0.1, 0.15) is 0 Å². The van der Waals surface area contributed by atoms with Crippen molar-refractivity contribution in [3.8, 4) is 0 Å². The van der Waals surface area contributed by atoms with Gasteiger partial charge in [-0.05, 0) is 25.5 Å². The van der Waals surface area contributed by atoms with Gasteiger partial charge in [0.25, 0.3) is 0 Å². The van der Waals surface area contributed by atoms with Crippen molar-refractivity contribution in [2.24, 2.45) is 11.7 Å². The minimum absolute atomic E-state index is 0.0775. The highest BCUT2D eigenvalue weighted by Gasteiger charge is 2.19. The van der Waals surface area contributed by atoms with Gasteiger partial charge in [0.15, 0.2) is 0 Å². The number of carbonyl (C=O) groups excluding carboxylic acids is 1. The molecule has 0 aliphatic rings. The number of hydrogen-bond donors (Lipinski definition) is 1. The van der Waals surface area contributed by atoms with Gasteiger partial charge < -0.3 is 10.6 Å². The quantitative estimate of drug-likeness (QED) is 0.843. The molecular formula is C13H20N2O. The van der Waals surface area contributed by atoms with Gasteiger partial charge in [-0.25, -0.2) is 0 Å². The summed E-state index contributed by atoms with van der Waals surface area (Å²) >= 11 is 0. The van der Waals surface area contributed by atoms with Crippen LogP contribution in [0.3, 0.4) is 0 Å². The fourth-order valence-corrected chi connectivity index (χ4v) is 1.61. The summed E-state index contributed by atoms with van der Waals surface area (Å²) in [5.74, 6) is 0.0140. The fraction of sp³-hybridized carbons (Fsp3) is 0.462. The normalized spacial score (nSPS) is 12.2. The molecule has 3 heteroatoms. The molecular weight excluding hydrogens is 200 g/mol. The Morgan fingerprint density at radius 3 is 2.38 bits per heavy atom. The first-order chi connectivity index (χ1) is 7.60. The Morgan fingerprint density at radius 1 is 1.38 bits per heavy atom. The smallest absolute Gasteiger partial charge is 0.231 e. The zero-order valence-electron chi connectivity index (χ0n) is 10.2. The average Bonchev–Trinajstić information content (AvgIpc) is 2.30.